The van der Waals surface area contributed by atoms with Gasteiger partial charge in [0.15, 0.2) is 0 Å². The molecule has 0 N–H and O–H groups in total. The molecule has 0 nitrogen and oxygen atoms in total. The van der Waals surface area contributed by atoms with Crippen molar-refractivity contribution in [2.75, 3.05) is 0 Å². The third-order valence-corrected chi connectivity index (χ3v) is 4.13. The van der Waals surface area contributed by atoms with Gasteiger partial charge in [0.2, 0.25) is 0 Å². The molecule has 1 fully saturated rings. The summed E-state index contributed by atoms with van der Waals surface area (Å²) in [6.45, 7) is 4.85. The molecule has 7 heavy (non-hydrogen) atoms. The second-order valence-corrected chi connectivity index (χ2v) is 5.68. The molecule has 0 atom stereocenters. The lowest BCUT2D eigenvalue weighted by atomic mass is 10.00. The van der Waals surface area contributed by atoms with Gasteiger partial charge in [0, 0.05) is 8.80 Å². The highest BCUT2D eigenvalue weighted by Crippen LogP contribution is 2.34. The van der Waals surface area contributed by atoms with E-state index in [4.69, 9.17) is 0 Å². The van der Waals surface area contributed by atoms with Crippen molar-refractivity contribution in [3.8, 4) is 0 Å². The van der Waals surface area contributed by atoms with Crippen LogP contribution in [0.25, 0.3) is 0 Å². The first-order chi connectivity index (χ1) is 3.30. The maximum atomic E-state index is 2.43. The molecule has 0 bridgehead atoms. The largest absolute Gasteiger partial charge is 0.0711 e. The molecule has 1 saturated carbocycles. The first-order valence-corrected chi connectivity index (χ1v) is 5.68. The minimum absolute atomic E-state index is 0.124. The molecule has 0 saturated heterocycles. The molecular weight excluding hydrogens is 100 g/mol. The Morgan fingerprint density at radius 1 is 1.29 bits per heavy atom. The van der Waals surface area contributed by atoms with E-state index in [9.17, 15) is 0 Å². The molecule has 1 radical (unpaired) electrons. The number of hydrogen-bond acceptors (Lipinski definition) is 0. The van der Waals surface area contributed by atoms with Crippen LogP contribution in [0.15, 0.2) is 0 Å². The number of hydrogen-bond donors (Lipinski definition) is 0. The molecule has 0 spiro atoms. The van der Waals surface area contributed by atoms with Gasteiger partial charge < -0.3 is 0 Å². The Morgan fingerprint density at radius 2 is 1.86 bits per heavy atom. The maximum Gasteiger partial charge on any atom is 0.0446 e. The lowest BCUT2D eigenvalue weighted by Gasteiger charge is -2.27. The van der Waals surface area contributed by atoms with Crippen LogP contribution in [0.4, 0.5) is 0 Å². The molecule has 1 aliphatic carbocycles. The summed E-state index contributed by atoms with van der Waals surface area (Å²) in [5.74, 6) is 0. The molecule has 0 heterocycles. The van der Waals surface area contributed by atoms with Gasteiger partial charge in [-0.25, -0.2) is 0 Å². The van der Waals surface area contributed by atoms with E-state index in [0.29, 0.717) is 0 Å². The van der Waals surface area contributed by atoms with Crippen molar-refractivity contribution in [3.63, 3.8) is 0 Å². The highest BCUT2D eigenvalue weighted by molar-refractivity contribution is 6.57. The van der Waals surface area contributed by atoms with Crippen LogP contribution in [-0.4, -0.2) is 8.80 Å². The smallest absolute Gasteiger partial charge is 0.0446 e. The summed E-state index contributed by atoms with van der Waals surface area (Å²) >= 11 is 0. The highest BCUT2D eigenvalue weighted by atomic mass is 28.3. The van der Waals surface area contributed by atoms with Crippen molar-refractivity contribution in [1.82, 2.24) is 0 Å². The van der Waals surface area contributed by atoms with Crippen molar-refractivity contribution in [1.29, 1.82) is 0 Å². The highest BCUT2D eigenvalue weighted by Gasteiger charge is 2.20. The van der Waals surface area contributed by atoms with E-state index in [1.165, 1.54) is 12.0 Å². The van der Waals surface area contributed by atoms with Gasteiger partial charge in [-0.1, -0.05) is 32.4 Å². The molecule has 1 aliphatic rings. The minimum atomic E-state index is 0.124. The van der Waals surface area contributed by atoms with Crippen molar-refractivity contribution in [2.45, 2.75) is 37.9 Å². The Balaban J connectivity index is 2.14. The molecule has 1 rings (SSSR count). The Labute approximate surface area is 47.5 Å². The van der Waals surface area contributed by atoms with E-state index in [2.05, 4.69) is 13.1 Å². The van der Waals surface area contributed by atoms with Crippen LogP contribution in [0.3, 0.4) is 0 Å². The van der Waals surface area contributed by atoms with Crippen LogP contribution in [0.2, 0.25) is 18.6 Å². The van der Waals surface area contributed by atoms with Crippen LogP contribution in [-0.2, 0) is 0 Å². The monoisotopic (exact) mass is 113 g/mol. The van der Waals surface area contributed by atoms with Gasteiger partial charge in [-0.05, 0) is 5.54 Å². The summed E-state index contributed by atoms with van der Waals surface area (Å²) in [6.07, 6.45) is 4.60. The normalized spacial score (nSPS) is 22.7. The minimum Gasteiger partial charge on any atom is -0.0711 e. The lowest BCUT2D eigenvalue weighted by molar-refractivity contribution is 0.494. The molecule has 41 valence electrons. The fraction of sp³-hybridized carbons (Fsp3) is 1.00. The van der Waals surface area contributed by atoms with E-state index in [1.807, 2.05) is 0 Å². The average molecular weight is 113 g/mol. The van der Waals surface area contributed by atoms with Gasteiger partial charge >= 0.3 is 0 Å². The first-order valence-electron chi connectivity index (χ1n) is 3.11. The van der Waals surface area contributed by atoms with Crippen LogP contribution in [0.5, 0.6) is 0 Å². The fourth-order valence-corrected chi connectivity index (χ4v) is 2.55. The first kappa shape index (κ1) is 5.36. The summed E-state index contributed by atoms with van der Waals surface area (Å²) in [5.41, 5.74) is 1.19. The summed E-state index contributed by atoms with van der Waals surface area (Å²) < 4.78 is 0. The molecular formula is C6H13Si. The molecule has 0 amide bonds. The van der Waals surface area contributed by atoms with Crippen LogP contribution >= 0.6 is 0 Å². The summed E-state index contributed by atoms with van der Waals surface area (Å²) in [5, 5.41) is 0. The Bertz CT molecular complexity index is 55.2. The van der Waals surface area contributed by atoms with Gasteiger partial charge in [0.05, 0.1) is 0 Å². The Kier molecular flexibility index (Phi) is 1.52. The Morgan fingerprint density at radius 3 is 1.86 bits per heavy atom. The SMILES string of the molecule is C[Si](C)C1CCC1. The molecule has 0 aromatic carbocycles. The van der Waals surface area contributed by atoms with E-state index < -0.39 is 0 Å². The fourth-order valence-electron chi connectivity index (χ4n) is 0.986. The predicted octanol–water partition coefficient (Wildman–Crippen LogP) is 2.29. The van der Waals surface area contributed by atoms with E-state index in [0.717, 1.165) is 0 Å². The predicted molar refractivity (Wildman–Crippen MR) is 35.1 cm³/mol. The molecule has 1 heteroatoms. The zero-order valence-corrected chi connectivity index (χ0v) is 6.20. The second kappa shape index (κ2) is 1.99. The quantitative estimate of drug-likeness (QED) is 0.458. The third kappa shape index (κ3) is 1.06. The van der Waals surface area contributed by atoms with E-state index in [-0.39, 0.29) is 8.80 Å². The van der Waals surface area contributed by atoms with Crippen molar-refractivity contribution in [2.24, 2.45) is 0 Å². The summed E-state index contributed by atoms with van der Waals surface area (Å²) in [4.78, 5) is 0. The molecule has 0 aromatic heterocycles. The second-order valence-electron chi connectivity index (χ2n) is 2.71. The molecule has 0 aromatic rings. The third-order valence-electron chi connectivity index (χ3n) is 1.92. The topological polar surface area (TPSA) is 0 Å². The van der Waals surface area contributed by atoms with Gasteiger partial charge in [0.25, 0.3) is 0 Å². The zero-order chi connectivity index (χ0) is 5.28. The molecule has 0 unspecified atom stereocenters. The van der Waals surface area contributed by atoms with Gasteiger partial charge in [0.1, 0.15) is 0 Å². The van der Waals surface area contributed by atoms with Crippen LogP contribution in [0.1, 0.15) is 19.3 Å². The van der Waals surface area contributed by atoms with Gasteiger partial charge in [-0.3, -0.25) is 0 Å². The van der Waals surface area contributed by atoms with E-state index in [1.54, 1.807) is 12.8 Å². The molecule has 0 aliphatic heterocycles. The van der Waals surface area contributed by atoms with Crippen molar-refractivity contribution in [3.05, 3.63) is 0 Å². The summed E-state index contributed by atoms with van der Waals surface area (Å²) in [6, 6.07) is 0. The van der Waals surface area contributed by atoms with Crippen molar-refractivity contribution >= 4 is 8.80 Å². The standard InChI is InChI=1S/C6H13Si/c1-7(2)6-4-3-5-6/h6H,3-5H2,1-2H3. The average Bonchev–Trinajstić information content (AvgIpc) is 1.23. The van der Waals surface area contributed by atoms with Gasteiger partial charge in [-0.2, -0.15) is 0 Å². The summed E-state index contributed by atoms with van der Waals surface area (Å²) in [7, 11) is 0.124. The van der Waals surface area contributed by atoms with Crippen LogP contribution < -0.4 is 0 Å². The van der Waals surface area contributed by atoms with Crippen molar-refractivity contribution < 1.29 is 0 Å². The maximum absolute atomic E-state index is 2.43. The van der Waals surface area contributed by atoms with Crippen LogP contribution in [0, 0.1) is 0 Å². The van der Waals surface area contributed by atoms with E-state index >= 15 is 0 Å². The zero-order valence-electron chi connectivity index (χ0n) is 5.20. The number of rotatable bonds is 1. The Hall–Kier alpha value is 0.217. The lowest BCUT2D eigenvalue weighted by Crippen LogP contribution is -2.18. The van der Waals surface area contributed by atoms with Gasteiger partial charge in [-0.15, -0.1) is 0 Å².